The zero-order chi connectivity index (χ0) is 24.9. The quantitative estimate of drug-likeness (QED) is 0.476. The lowest BCUT2D eigenvalue weighted by molar-refractivity contribution is -0.116. The number of rotatable bonds is 8. The number of para-hydroxylation sites is 1. The van der Waals surface area contributed by atoms with Gasteiger partial charge >= 0.3 is 5.97 Å². The summed E-state index contributed by atoms with van der Waals surface area (Å²) in [7, 11) is 0. The van der Waals surface area contributed by atoms with Crippen molar-refractivity contribution in [3.8, 4) is 0 Å². The van der Waals surface area contributed by atoms with Crippen LogP contribution in [0.4, 0.5) is 5.00 Å². The summed E-state index contributed by atoms with van der Waals surface area (Å²) in [6.45, 7) is 8.92. The number of carbonyl (C=O) groups is 2. The highest BCUT2D eigenvalue weighted by atomic mass is 32.1. The minimum absolute atomic E-state index is 0.186. The van der Waals surface area contributed by atoms with E-state index in [-0.39, 0.29) is 24.6 Å². The Labute approximate surface area is 207 Å². The number of ether oxygens (including phenoxy) is 2. The van der Waals surface area contributed by atoms with Gasteiger partial charge in [-0.1, -0.05) is 26.0 Å². The van der Waals surface area contributed by atoms with Crippen LogP contribution in [0.15, 0.2) is 35.1 Å². The fourth-order valence-corrected chi connectivity index (χ4v) is 4.98. The molecule has 186 valence electrons. The smallest absolute Gasteiger partial charge is 0.341 e. The number of benzene rings is 1. The molecule has 35 heavy (non-hydrogen) atoms. The average molecular weight is 499 g/mol. The number of aromatic nitrogens is 2. The predicted molar refractivity (Wildman–Crippen MR) is 135 cm³/mol. The van der Waals surface area contributed by atoms with Gasteiger partial charge in [0.25, 0.3) is 5.56 Å². The molecule has 3 heterocycles. The third-order valence-electron chi connectivity index (χ3n) is 5.78. The molecule has 1 aromatic carbocycles. The van der Waals surface area contributed by atoms with Crippen molar-refractivity contribution >= 4 is 39.1 Å². The molecule has 0 spiro atoms. The Balaban J connectivity index is 1.64. The maximum atomic E-state index is 13.4. The molecule has 9 nitrogen and oxygen atoms in total. The molecular weight excluding hydrogens is 468 g/mol. The molecule has 0 bridgehead atoms. The van der Waals surface area contributed by atoms with Crippen LogP contribution in [0.2, 0.25) is 0 Å². The molecule has 0 radical (unpaired) electrons. The monoisotopic (exact) mass is 498 g/mol. The van der Waals surface area contributed by atoms with Crippen LogP contribution in [0.5, 0.6) is 0 Å². The average Bonchev–Trinajstić information content (AvgIpc) is 3.26. The lowest BCUT2D eigenvalue weighted by Gasteiger charge is -2.27. The highest BCUT2D eigenvalue weighted by molar-refractivity contribution is 7.16. The van der Waals surface area contributed by atoms with Crippen LogP contribution in [0, 0.1) is 0 Å². The highest BCUT2D eigenvalue weighted by Gasteiger charge is 2.22. The van der Waals surface area contributed by atoms with Crippen LogP contribution >= 0.6 is 11.3 Å². The van der Waals surface area contributed by atoms with E-state index < -0.39 is 11.9 Å². The maximum Gasteiger partial charge on any atom is 0.341 e. The third-order valence-corrected chi connectivity index (χ3v) is 7.13. The largest absolute Gasteiger partial charge is 0.462 e. The Hall–Kier alpha value is -3.08. The molecule has 2 aromatic heterocycles. The van der Waals surface area contributed by atoms with Crippen LogP contribution in [0.1, 0.15) is 47.7 Å². The normalized spacial score (nSPS) is 14.4. The van der Waals surface area contributed by atoms with E-state index in [2.05, 4.69) is 10.2 Å². The summed E-state index contributed by atoms with van der Waals surface area (Å²) in [5.41, 5.74) is 0.655. The van der Waals surface area contributed by atoms with E-state index in [9.17, 15) is 14.4 Å². The van der Waals surface area contributed by atoms with Crippen molar-refractivity contribution in [2.45, 2.75) is 39.8 Å². The summed E-state index contributed by atoms with van der Waals surface area (Å²) < 4.78 is 12.0. The van der Waals surface area contributed by atoms with Crippen LogP contribution in [-0.4, -0.2) is 59.2 Å². The number of hydrogen-bond acceptors (Lipinski definition) is 8. The number of fused-ring (bicyclic) bond motifs is 1. The summed E-state index contributed by atoms with van der Waals surface area (Å²) in [6.07, 6.45) is 0. The number of esters is 1. The molecule has 0 atom stereocenters. The first-order valence-corrected chi connectivity index (χ1v) is 12.6. The lowest BCUT2D eigenvalue weighted by atomic mass is 10.1. The van der Waals surface area contributed by atoms with Crippen LogP contribution in [0.25, 0.3) is 10.9 Å². The zero-order valence-electron chi connectivity index (χ0n) is 20.2. The van der Waals surface area contributed by atoms with Crippen molar-refractivity contribution in [2.24, 2.45) is 0 Å². The molecule has 1 aliphatic rings. The van der Waals surface area contributed by atoms with Gasteiger partial charge in [-0.05, 0) is 31.0 Å². The Kier molecular flexibility index (Phi) is 7.94. The SMILES string of the molecule is CCOC(=O)c1cc(C(C)C)sc1NC(=O)Cn1c(CN2CCOCC2)nc2ccccc2c1=O. The number of amides is 1. The number of thiophene rings is 1. The molecule has 10 heteroatoms. The van der Waals surface area contributed by atoms with Gasteiger partial charge in [-0.25, -0.2) is 9.78 Å². The van der Waals surface area contributed by atoms with Gasteiger partial charge in [0.1, 0.15) is 17.4 Å². The number of nitrogens with zero attached hydrogens (tertiary/aromatic N) is 3. The third kappa shape index (κ3) is 5.77. The number of nitrogens with one attached hydrogen (secondary N) is 1. The highest BCUT2D eigenvalue weighted by Crippen LogP contribution is 2.33. The minimum Gasteiger partial charge on any atom is -0.462 e. The van der Waals surface area contributed by atoms with Gasteiger partial charge < -0.3 is 14.8 Å². The van der Waals surface area contributed by atoms with Gasteiger partial charge in [-0.2, -0.15) is 0 Å². The Bertz CT molecular complexity index is 1280. The summed E-state index contributed by atoms with van der Waals surface area (Å²) in [5.74, 6) is -0.185. The molecular formula is C25H30N4O5S. The van der Waals surface area contributed by atoms with Gasteiger partial charge in [-0.15, -0.1) is 11.3 Å². The van der Waals surface area contributed by atoms with Crippen LogP contribution in [0.3, 0.4) is 0 Å². The first-order valence-electron chi connectivity index (χ1n) is 11.8. The van der Waals surface area contributed by atoms with Gasteiger partial charge in [0, 0.05) is 18.0 Å². The van der Waals surface area contributed by atoms with E-state index in [1.807, 2.05) is 19.9 Å². The zero-order valence-corrected chi connectivity index (χ0v) is 21.0. The molecule has 1 amide bonds. The summed E-state index contributed by atoms with van der Waals surface area (Å²) in [4.78, 5) is 46.8. The summed E-state index contributed by atoms with van der Waals surface area (Å²) in [5, 5.41) is 3.72. The van der Waals surface area contributed by atoms with Gasteiger partial charge in [-0.3, -0.25) is 19.1 Å². The standard InChI is InChI=1S/C25H30N4O5S/c1-4-34-25(32)18-13-20(16(2)3)35-23(18)27-22(30)15-29-21(14-28-9-11-33-12-10-28)26-19-8-6-5-7-17(19)24(29)31/h5-8,13,16H,4,9-12,14-15H2,1-3H3,(H,27,30). The minimum atomic E-state index is -0.483. The second-order valence-corrected chi connectivity index (χ2v) is 9.72. The molecule has 1 aliphatic heterocycles. The van der Waals surface area contributed by atoms with Crippen molar-refractivity contribution in [3.63, 3.8) is 0 Å². The van der Waals surface area contributed by atoms with Crippen LogP contribution in [-0.2, 0) is 27.4 Å². The van der Waals surface area contributed by atoms with Gasteiger partial charge in [0.2, 0.25) is 5.91 Å². The number of carbonyl (C=O) groups excluding carboxylic acids is 2. The van der Waals surface area contributed by atoms with Crippen molar-refractivity contribution in [2.75, 3.05) is 38.2 Å². The number of morpholine rings is 1. The second-order valence-electron chi connectivity index (χ2n) is 8.64. The fraction of sp³-hybridized carbons (Fsp3) is 0.440. The first kappa shape index (κ1) is 25.0. The molecule has 1 N–H and O–H groups in total. The lowest BCUT2D eigenvalue weighted by Crippen LogP contribution is -2.39. The van der Waals surface area contributed by atoms with Gasteiger partial charge in [0.15, 0.2) is 0 Å². The maximum absolute atomic E-state index is 13.4. The van der Waals surface area contributed by atoms with Crippen molar-refractivity contribution in [1.29, 1.82) is 0 Å². The summed E-state index contributed by atoms with van der Waals surface area (Å²) >= 11 is 1.34. The number of anilines is 1. The topological polar surface area (TPSA) is 103 Å². The van der Waals surface area contributed by atoms with E-state index in [1.54, 1.807) is 31.2 Å². The van der Waals surface area contributed by atoms with Gasteiger partial charge in [0.05, 0.1) is 42.8 Å². The number of hydrogen-bond donors (Lipinski definition) is 1. The van der Waals surface area contributed by atoms with E-state index in [4.69, 9.17) is 14.5 Å². The van der Waals surface area contributed by atoms with Crippen molar-refractivity contribution in [1.82, 2.24) is 14.5 Å². The van der Waals surface area contributed by atoms with E-state index in [0.29, 0.717) is 47.1 Å². The first-order chi connectivity index (χ1) is 16.9. The second kappa shape index (κ2) is 11.1. The fourth-order valence-electron chi connectivity index (χ4n) is 3.91. The Morgan fingerprint density at radius 2 is 1.97 bits per heavy atom. The van der Waals surface area contributed by atoms with Crippen LogP contribution < -0.4 is 10.9 Å². The van der Waals surface area contributed by atoms with E-state index in [0.717, 1.165) is 18.0 Å². The van der Waals surface area contributed by atoms with E-state index >= 15 is 0 Å². The molecule has 0 saturated carbocycles. The molecule has 0 aliphatic carbocycles. The Morgan fingerprint density at radius 1 is 1.23 bits per heavy atom. The molecule has 1 saturated heterocycles. The predicted octanol–water partition coefficient (Wildman–Crippen LogP) is 3.23. The molecule has 1 fully saturated rings. The van der Waals surface area contributed by atoms with Crippen molar-refractivity contribution < 1.29 is 19.1 Å². The van der Waals surface area contributed by atoms with E-state index in [1.165, 1.54) is 15.9 Å². The molecule has 3 aromatic rings. The Morgan fingerprint density at radius 3 is 2.69 bits per heavy atom. The molecule has 4 rings (SSSR count). The summed E-state index contributed by atoms with van der Waals surface area (Å²) in [6, 6.07) is 8.89. The molecule has 0 unspecified atom stereocenters. The van der Waals surface area contributed by atoms with Crippen molar-refractivity contribution in [3.05, 3.63) is 57.0 Å².